The smallest absolute Gasteiger partial charge is 0.222 e. The number of likely N-dealkylation sites (N-methyl/N-ethyl adjacent to an activating group) is 1. The fraction of sp³-hybridized carbons (Fsp3) is 0.385. The van der Waals surface area contributed by atoms with E-state index in [1.165, 1.54) is 6.07 Å². The van der Waals surface area contributed by atoms with Gasteiger partial charge in [0.2, 0.25) is 5.91 Å². The zero-order chi connectivity index (χ0) is 14.4. The first-order valence-electron chi connectivity index (χ1n) is 6.30. The molecular formula is C13H13BrFN3OS. The Morgan fingerprint density at radius 1 is 1.50 bits per heavy atom. The summed E-state index contributed by atoms with van der Waals surface area (Å²) in [5.74, 6) is -0.179. The number of hydrogen-bond donors (Lipinski definition) is 1. The van der Waals surface area contributed by atoms with Crippen LogP contribution < -0.4 is 0 Å². The summed E-state index contributed by atoms with van der Waals surface area (Å²) in [4.78, 5) is 16.4. The summed E-state index contributed by atoms with van der Waals surface area (Å²) < 4.78 is 16.7. The van der Waals surface area contributed by atoms with Crippen molar-refractivity contribution in [3.63, 3.8) is 0 Å². The van der Waals surface area contributed by atoms with Crippen molar-refractivity contribution in [3.05, 3.63) is 27.2 Å². The van der Waals surface area contributed by atoms with Crippen LogP contribution in [0.2, 0.25) is 0 Å². The van der Waals surface area contributed by atoms with Crippen molar-refractivity contribution >= 4 is 45.1 Å². The Morgan fingerprint density at radius 3 is 2.95 bits per heavy atom. The molecule has 1 saturated heterocycles. The minimum absolute atomic E-state index is 0.0829. The monoisotopic (exact) mass is 357 g/mol. The van der Waals surface area contributed by atoms with Gasteiger partial charge in [-0.3, -0.25) is 4.79 Å². The van der Waals surface area contributed by atoms with Crippen molar-refractivity contribution in [2.24, 2.45) is 0 Å². The molecule has 0 bridgehead atoms. The van der Waals surface area contributed by atoms with Gasteiger partial charge in [-0.05, 0) is 40.6 Å². The van der Waals surface area contributed by atoms with Gasteiger partial charge in [0.1, 0.15) is 5.82 Å². The number of nitrogens with one attached hydrogen (secondary N) is 1. The topological polar surface area (TPSA) is 41.0 Å². The van der Waals surface area contributed by atoms with Crippen molar-refractivity contribution < 1.29 is 9.18 Å². The number of amides is 1. The number of likely N-dealkylation sites (tertiary alicyclic amines) is 1. The lowest BCUT2D eigenvalue weighted by molar-refractivity contribution is -0.132. The standard InChI is InChI=1S/C13H13BrFN3OS/c1-17-6-7(2-3-12(17)19)18-11-5-9(15)8(14)4-10(11)16-13(18)20/h4-5,7H,2-3,6H2,1H3,(H,16,20). The average molecular weight is 358 g/mol. The molecule has 1 unspecified atom stereocenters. The summed E-state index contributed by atoms with van der Waals surface area (Å²) in [6.07, 6.45) is 1.22. The fourth-order valence-corrected chi connectivity index (χ4v) is 3.38. The van der Waals surface area contributed by atoms with Crippen LogP contribution in [0.15, 0.2) is 16.6 Å². The summed E-state index contributed by atoms with van der Waals surface area (Å²) in [6, 6.07) is 3.25. The van der Waals surface area contributed by atoms with E-state index in [-0.39, 0.29) is 17.8 Å². The van der Waals surface area contributed by atoms with Gasteiger partial charge < -0.3 is 14.5 Å². The molecular weight excluding hydrogens is 345 g/mol. The highest BCUT2D eigenvalue weighted by Gasteiger charge is 2.26. The Kier molecular flexibility index (Phi) is 3.41. The molecule has 106 valence electrons. The number of hydrogen-bond acceptors (Lipinski definition) is 2. The Hall–Kier alpha value is -1.21. The number of halogens is 2. The zero-order valence-electron chi connectivity index (χ0n) is 10.8. The summed E-state index contributed by atoms with van der Waals surface area (Å²) in [5, 5.41) is 0. The van der Waals surface area contributed by atoms with Crippen molar-refractivity contribution in [2.75, 3.05) is 13.6 Å². The summed E-state index contributed by atoms with van der Waals surface area (Å²) in [7, 11) is 1.78. The highest BCUT2D eigenvalue weighted by atomic mass is 79.9. The van der Waals surface area contributed by atoms with E-state index in [4.69, 9.17) is 12.2 Å². The molecule has 1 atom stereocenters. The molecule has 2 heterocycles. The normalized spacial score (nSPS) is 19.9. The lowest BCUT2D eigenvalue weighted by Crippen LogP contribution is -2.37. The van der Waals surface area contributed by atoms with E-state index in [0.29, 0.717) is 22.2 Å². The number of benzene rings is 1. The van der Waals surface area contributed by atoms with Gasteiger partial charge in [-0.1, -0.05) is 0 Å². The van der Waals surface area contributed by atoms with Crippen LogP contribution in [0.1, 0.15) is 18.9 Å². The van der Waals surface area contributed by atoms with Crippen molar-refractivity contribution in [2.45, 2.75) is 18.9 Å². The molecule has 7 heteroatoms. The highest BCUT2D eigenvalue weighted by Crippen LogP contribution is 2.29. The number of imidazole rings is 1. The Bertz CT molecular complexity index is 754. The van der Waals surface area contributed by atoms with Gasteiger partial charge in [0.25, 0.3) is 0 Å². The van der Waals surface area contributed by atoms with Crippen LogP contribution in [0, 0.1) is 10.6 Å². The van der Waals surface area contributed by atoms with E-state index in [9.17, 15) is 9.18 Å². The van der Waals surface area contributed by atoms with E-state index in [1.807, 2.05) is 4.57 Å². The number of H-pyrrole nitrogens is 1. The van der Waals surface area contributed by atoms with E-state index < -0.39 is 0 Å². The maximum Gasteiger partial charge on any atom is 0.222 e. The van der Waals surface area contributed by atoms with Crippen molar-refractivity contribution in [3.8, 4) is 0 Å². The number of fused-ring (bicyclic) bond motifs is 1. The van der Waals surface area contributed by atoms with Gasteiger partial charge in [0, 0.05) is 26.1 Å². The van der Waals surface area contributed by atoms with Gasteiger partial charge in [-0.25, -0.2) is 4.39 Å². The number of carbonyl (C=O) groups is 1. The largest absolute Gasteiger partial charge is 0.344 e. The lowest BCUT2D eigenvalue weighted by atomic mass is 10.1. The van der Waals surface area contributed by atoms with Crippen LogP contribution in [0.4, 0.5) is 4.39 Å². The van der Waals surface area contributed by atoms with E-state index >= 15 is 0 Å². The molecule has 1 amide bonds. The quantitative estimate of drug-likeness (QED) is 0.794. The third kappa shape index (κ3) is 2.18. The van der Waals surface area contributed by atoms with Gasteiger partial charge in [-0.15, -0.1) is 0 Å². The molecule has 2 aromatic rings. The predicted molar refractivity (Wildman–Crippen MR) is 80.7 cm³/mol. The summed E-state index contributed by atoms with van der Waals surface area (Å²) in [6.45, 7) is 0.595. The Morgan fingerprint density at radius 2 is 2.25 bits per heavy atom. The molecule has 20 heavy (non-hydrogen) atoms. The summed E-state index contributed by atoms with van der Waals surface area (Å²) >= 11 is 8.53. The number of nitrogens with zero attached hydrogens (tertiary/aromatic N) is 2. The van der Waals surface area contributed by atoms with E-state index in [0.717, 1.165) is 17.5 Å². The molecule has 4 nitrogen and oxygen atoms in total. The molecule has 0 radical (unpaired) electrons. The molecule has 1 aliphatic rings. The molecule has 1 aromatic heterocycles. The number of piperidine rings is 1. The first kappa shape index (κ1) is 13.8. The van der Waals surface area contributed by atoms with Crippen LogP contribution in [0.3, 0.4) is 0 Å². The number of carbonyl (C=O) groups excluding carboxylic acids is 1. The first-order chi connectivity index (χ1) is 9.47. The molecule has 1 aromatic carbocycles. The SMILES string of the molecule is CN1CC(n2c(=S)[nH]c3cc(Br)c(F)cc32)CCC1=O. The fourth-order valence-electron chi connectivity index (χ4n) is 2.68. The minimum atomic E-state index is -0.319. The first-order valence-corrected chi connectivity index (χ1v) is 7.50. The second-order valence-electron chi connectivity index (χ2n) is 5.05. The molecule has 0 spiro atoms. The van der Waals surface area contributed by atoms with Gasteiger partial charge in [0.05, 0.1) is 21.5 Å². The number of rotatable bonds is 1. The van der Waals surface area contributed by atoms with Crippen LogP contribution in [0.5, 0.6) is 0 Å². The van der Waals surface area contributed by atoms with Crippen molar-refractivity contribution in [1.82, 2.24) is 14.5 Å². The Labute approximate surface area is 128 Å². The second-order valence-corrected chi connectivity index (χ2v) is 6.29. The average Bonchev–Trinajstić information content (AvgIpc) is 2.69. The van der Waals surface area contributed by atoms with E-state index in [1.54, 1.807) is 18.0 Å². The molecule has 3 rings (SSSR count). The minimum Gasteiger partial charge on any atom is -0.344 e. The van der Waals surface area contributed by atoms with Crippen LogP contribution in [-0.4, -0.2) is 34.0 Å². The Balaban J connectivity index is 2.12. The van der Waals surface area contributed by atoms with Crippen molar-refractivity contribution in [1.29, 1.82) is 0 Å². The molecule has 1 N–H and O–H groups in total. The van der Waals surface area contributed by atoms with Crippen LogP contribution >= 0.6 is 28.1 Å². The summed E-state index contributed by atoms with van der Waals surface area (Å²) in [5.41, 5.74) is 1.53. The molecule has 0 saturated carbocycles. The maximum atomic E-state index is 13.8. The second kappa shape index (κ2) is 4.96. The van der Waals surface area contributed by atoms with Crippen LogP contribution in [-0.2, 0) is 4.79 Å². The van der Waals surface area contributed by atoms with Gasteiger partial charge in [-0.2, -0.15) is 0 Å². The predicted octanol–water partition coefficient (Wildman–Crippen LogP) is 3.39. The van der Waals surface area contributed by atoms with E-state index in [2.05, 4.69) is 20.9 Å². The zero-order valence-corrected chi connectivity index (χ0v) is 13.2. The lowest BCUT2D eigenvalue weighted by Gasteiger charge is -2.30. The maximum absolute atomic E-state index is 13.8. The number of aromatic nitrogens is 2. The third-order valence-electron chi connectivity index (χ3n) is 3.73. The van der Waals surface area contributed by atoms with Gasteiger partial charge in [0.15, 0.2) is 4.77 Å². The third-order valence-corrected chi connectivity index (χ3v) is 4.63. The van der Waals surface area contributed by atoms with Crippen LogP contribution in [0.25, 0.3) is 11.0 Å². The number of aromatic amines is 1. The molecule has 0 aliphatic carbocycles. The molecule has 1 fully saturated rings. The molecule has 1 aliphatic heterocycles. The van der Waals surface area contributed by atoms with Gasteiger partial charge >= 0.3 is 0 Å². The highest BCUT2D eigenvalue weighted by molar-refractivity contribution is 9.10.